The summed E-state index contributed by atoms with van der Waals surface area (Å²) in [6.07, 6.45) is 0. The maximum absolute atomic E-state index is 12.3. The number of carbonyl (C=O) groups is 2. The van der Waals surface area contributed by atoms with E-state index in [0.717, 1.165) is 0 Å². The SMILES string of the molecule is O=C(NN1CCN1C(=O)c1ccccc1)c1ccccc1. The van der Waals surface area contributed by atoms with Gasteiger partial charge >= 0.3 is 0 Å². The number of nitrogens with one attached hydrogen (secondary N) is 1. The number of carbonyl (C=O) groups excluding carboxylic acids is 2. The second-order valence-corrected chi connectivity index (χ2v) is 4.72. The van der Waals surface area contributed by atoms with Crippen LogP contribution < -0.4 is 5.43 Å². The first-order valence-corrected chi connectivity index (χ1v) is 6.76. The van der Waals surface area contributed by atoms with Crippen molar-refractivity contribution in [2.45, 2.75) is 0 Å². The molecule has 106 valence electrons. The molecule has 5 nitrogen and oxygen atoms in total. The average molecular weight is 281 g/mol. The smallest absolute Gasteiger partial charge is 0.268 e. The second-order valence-electron chi connectivity index (χ2n) is 4.72. The summed E-state index contributed by atoms with van der Waals surface area (Å²) in [6.45, 7) is 1.22. The van der Waals surface area contributed by atoms with Gasteiger partial charge in [-0.2, -0.15) is 0 Å². The zero-order chi connectivity index (χ0) is 14.7. The predicted octanol–water partition coefficient (Wildman–Crippen LogP) is 1.70. The Balaban J connectivity index is 1.65. The predicted molar refractivity (Wildman–Crippen MR) is 78.1 cm³/mol. The third-order valence-corrected chi connectivity index (χ3v) is 3.34. The van der Waals surface area contributed by atoms with Gasteiger partial charge in [-0.3, -0.25) is 20.0 Å². The van der Waals surface area contributed by atoms with Crippen LogP contribution in [0.25, 0.3) is 0 Å². The van der Waals surface area contributed by atoms with Gasteiger partial charge < -0.3 is 0 Å². The molecule has 0 aromatic heterocycles. The molecule has 1 saturated heterocycles. The fourth-order valence-electron chi connectivity index (χ4n) is 2.13. The Morgan fingerprint density at radius 3 is 1.90 bits per heavy atom. The molecule has 0 bridgehead atoms. The van der Waals surface area contributed by atoms with E-state index in [-0.39, 0.29) is 11.8 Å². The van der Waals surface area contributed by atoms with Crippen molar-refractivity contribution >= 4 is 11.8 Å². The van der Waals surface area contributed by atoms with Gasteiger partial charge in [-0.05, 0) is 24.3 Å². The highest BCUT2D eigenvalue weighted by Gasteiger charge is 2.32. The third kappa shape index (κ3) is 2.78. The van der Waals surface area contributed by atoms with Crippen molar-refractivity contribution in [2.24, 2.45) is 0 Å². The zero-order valence-corrected chi connectivity index (χ0v) is 11.4. The fraction of sp³-hybridized carbons (Fsp3) is 0.125. The molecule has 3 rings (SSSR count). The number of rotatable bonds is 3. The molecule has 5 heteroatoms. The van der Waals surface area contributed by atoms with Crippen LogP contribution in [-0.2, 0) is 0 Å². The average Bonchev–Trinajstić information content (AvgIpc) is 2.53. The summed E-state index contributed by atoms with van der Waals surface area (Å²) in [4.78, 5) is 24.4. The molecule has 2 amide bonds. The van der Waals surface area contributed by atoms with Gasteiger partial charge in [0.05, 0.1) is 13.1 Å². The molecule has 1 aliphatic heterocycles. The highest BCUT2D eigenvalue weighted by molar-refractivity contribution is 5.96. The third-order valence-electron chi connectivity index (χ3n) is 3.34. The summed E-state index contributed by atoms with van der Waals surface area (Å²) in [7, 11) is 0. The molecule has 21 heavy (non-hydrogen) atoms. The lowest BCUT2D eigenvalue weighted by atomic mass is 10.2. The minimum Gasteiger partial charge on any atom is -0.268 e. The zero-order valence-electron chi connectivity index (χ0n) is 11.4. The van der Waals surface area contributed by atoms with Crippen LogP contribution in [-0.4, -0.2) is 35.0 Å². The molecule has 0 saturated carbocycles. The van der Waals surface area contributed by atoms with Crippen LogP contribution >= 0.6 is 0 Å². The Morgan fingerprint density at radius 1 is 0.810 bits per heavy atom. The van der Waals surface area contributed by atoms with E-state index >= 15 is 0 Å². The molecule has 1 fully saturated rings. The number of hydrogen-bond acceptors (Lipinski definition) is 3. The van der Waals surface area contributed by atoms with Crippen molar-refractivity contribution in [1.82, 2.24) is 15.6 Å². The van der Waals surface area contributed by atoms with Gasteiger partial charge in [0, 0.05) is 11.1 Å². The van der Waals surface area contributed by atoms with E-state index < -0.39 is 0 Å². The second kappa shape index (κ2) is 5.76. The summed E-state index contributed by atoms with van der Waals surface area (Å²) >= 11 is 0. The lowest BCUT2D eigenvalue weighted by molar-refractivity contribution is -0.107. The first-order valence-electron chi connectivity index (χ1n) is 6.76. The number of benzene rings is 2. The quantitative estimate of drug-likeness (QED) is 0.931. The maximum Gasteiger partial charge on any atom is 0.269 e. The highest BCUT2D eigenvalue weighted by Crippen LogP contribution is 2.13. The maximum atomic E-state index is 12.3. The molecule has 0 unspecified atom stereocenters. The molecule has 2 aromatic rings. The molecule has 0 spiro atoms. The van der Waals surface area contributed by atoms with Gasteiger partial charge in [0.1, 0.15) is 0 Å². The van der Waals surface area contributed by atoms with Crippen molar-refractivity contribution in [1.29, 1.82) is 0 Å². The Hall–Kier alpha value is -2.66. The normalized spacial score (nSPS) is 14.4. The summed E-state index contributed by atoms with van der Waals surface area (Å²) in [5.74, 6) is -0.337. The largest absolute Gasteiger partial charge is 0.269 e. The first-order chi connectivity index (χ1) is 10.3. The van der Waals surface area contributed by atoms with Gasteiger partial charge in [0.2, 0.25) is 0 Å². The Bertz CT molecular complexity index is 643. The van der Waals surface area contributed by atoms with Gasteiger partial charge in [-0.25, -0.2) is 0 Å². The monoisotopic (exact) mass is 281 g/mol. The van der Waals surface area contributed by atoms with E-state index in [9.17, 15) is 9.59 Å². The van der Waals surface area contributed by atoms with Crippen LogP contribution in [0.15, 0.2) is 60.7 Å². The van der Waals surface area contributed by atoms with E-state index in [1.807, 2.05) is 24.3 Å². The Morgan fingerprint density at radius 2 is 1.38 bits per heavy atom. The van der Waals surface area contributed by atoms with E-state index in [4.69, 9.17) is 0 Å². The number of hydrogen-bond donors (Lipinski definition) is 1. The molecule has 1 N–H and O–H groups in total. The van der Waals surface area contributed by atoms with Crippen molar-refractivity contribution in [3.8, 4) is 0 Å². The van der Waals surface area contributed by atoms with E-state index in [1.165, 1.54) is 5.01 Å². The Kier molecular flexibility index (Phi) is 3.66. The van der Waals surface area contributed by atoms with Gasteiger partial charge in [0.15, 0.2) is 0 Å². The van der Waals surface area contributed by atoms with Crippen molar-refractivity contribution < 1.29 is 9.59 Å². The van der Waals surface area contributed by atoms with Crippen molar-refractivity contribution in [3.05, 3.63) is 71.8 Å². The first kappa shape index (κ1) is 13.3. The topological polar surface area (TPSA) is 52.7 Å². The standard InChI is InChI=1S/C16H15N3O2/c20-15(13-7-3-1-4-8-13)17-19-12-11-18(19)16(21)14-9-5-2-6-10-14/h1-10H,11-12H2,(H,17,20). The van der Waals surface area contributed by atoms with Crippen LogP contribution in [0.1, 0.15) is 20.7 Å². The van der Waals surface area contributed by atoms with E-state index in [0.29, 0.717) is 24.2 Å². The van der Waals surface area contributed by atoms with Gasteiger partial charge in [-0.1, -0.05) is 36.4 Å². The molecule has 1 aliphatic rings. The molecule has 0 radical (unpaired) electrons. The number of nitrogens with zero attached hydrogens (tertiary/aromatic N) is 2. The van der Waals surface area contributed by atoms with Crippen LogP contribution in [0, 0.1) is 0 Å². The minimum absolute atomic E-state index is 0.116. The molecular formula is C16H15N3O2. The molecular weight excluding hydrogens is 266 g/mol. The summed E-state index contributed by atoms with van der Waals surface area (Å²) in [5.41, 5.74) is 3.91. The van der Waals surface area contributed by atoms with Crippen molar-refractivity contribution in [2.75, 3.05) is 13.1 Å². The number of hydrazine groups is 2. The van der Waals surface area contributed by atoms with E-state index in [2.05, 4.69) is 5.43 Å². The van der Waals surface area contributed by atoms with Gasteiger partial charge in [-0.15, -0.1) is 5.12 Å². The molecule has 0 aliphatic carbocycles. The van der Waals surface area contributed by atoms with Crippen LogP contribution in [0.5, 0.6) is 0 Å². The fourth-order valence-corrected chi connectivity index (χ4v) is 2.13. The van der Waals surface area contributed by atoms with Gasteiger partial charge in [0.25, 0.3) is 11.8 Å². The van der Waals surface area contributed by atoms with E-state index in [1.54, 1.807) is 41.5 Å². The molecule has 2 aromatic carbocycles. The lowest BCUT2D eigenvalue weighted by Crippen LogP contribution is -2.66. The van der Waals surface area contributed by atoms with Crippen LogP contribution in [0.3, 0.4) is 0 Å². The molecule has 1 heterocycles. The highest BCUT2D eigenvalue weighted by atomic mass is 16.2. The lowest BCUT2D eigenvalue weighted by Gasteiger charge is -2.43. The van der Waals surface area contributed by atoms with Crippen LogP contribution in [0.4, 0.5) is 0 Å². The minimum atomic E-state index is -0.221. The van der Waals surface area contributed by atoms with Crippen molar-refractivity contribution in [3.63, 3.8) is 0 Å². The summed E-state index contributed by atoms with van der Waals surface area (Å²) in [6, 6.07) is 18.0. The number of amides is 2. The van der Waals surface area contributed by atoms with Crippen LogP contribution in [0.2, 0.25) is 0 Å². The summed E-state index contributed by atoms with van der Waals surface area (Å²) in [5, 5.41) is 3.07. The Labute approximate surface area is 122 Å². The molecule has 0 atom stereocenters. The summed E-state index contributed by atoms with van der Waals surface area (Å²) < 4.78 is 0.